The molecule has 1 saturated heterocycles. The molecule has 1 aliphatic rings. The van der Waals surface area contributed by atoms with E-state index in [-0.39, 0.29) is 12.6 Å². The van der Waals surface area contributed by atoms with Crippen molar-refractivity contribution in [1.82, 2.24) is 15.5 Å². The maximum absolute atomic E-state index is 11.7. The van der Waals surface area contributed by atoms with Crippen molar-refractivity contribution >= 4 is 17.6 Å². The Morgan fingerprint density at radius 3 is 2.78 bits per heavy atom. The van der Waals surface area contributed by atoms with Crippen LogP contribution in [-0.2, 0) is 6.54 Å². The predicted molar refractivity (Wildman–Crippen MR) is 92.6 cm³/mol. The van der Waals surface area contributed by atoms with Gasteiger partial charge in [0.1, 0.15) is 0 Å². The zero-order chi connectivity index (χ0) is 16.5. The molecule has 1 aromatic carbocycles. The van der Waals surface area contributed by atoms with Crippen molar-refractivity contribution in [1.29, 1.82) is 0 Å². The van der Waals surface area contributed by atoms with E-state index in [1.54, 1.807) is 0 Å². The van der Waals surface area contributed by atoms with Crippen molar-refractivity contribution in [2.45, 2.75) is 38.3 Å². The van der Waals surface area contributed by atoms with Crippen LogP contribution in [0.25, 0.3) is 0 Å². The highest BCUT2D eigenvalue weighted by Gasteiger charge is 2.22. The first kappa shape index (κ1) is 18.0. The number of hydrogen-bond donors (Lipinski definition) is 3. The summed E-state index contributed by atoms with van der Waals surface area (Å²) >= 11 is 5.82. The molecule has 0 radical (unpaired) electrons. The number of halogens is 1. The van der Waals surface area contributed by atoms with Crippen molar-refractivity contribution in [2.75, 3.05) is 26.2 Å². The topological polar surface area (TPSA) is 64.6 Å². The van der Waals surface area contributed by atoms with Crippen LogP contribution in [-0.4, -0.2) is 48.3 Å². The number of hydrogen-bond acceptors (Lipinski definition) is 3. The predicted octanol–water partition coefficient (Wildman–Crippen LogP) is 2.38. The van der Waals surface area contributed by atoms with Gasteiger partial charge >= 0.3 is 6.03 Å². The lowest BCUT2D eigenvalue weighted by Crippen LogP contribution is -2.36. The Morgan fingerprint density at radius 1 is 1.26 bits per heavy atom. The Bertz CT molecular complexity index is 481. The highest BCUT2D eigenvalue weighted by Crippen LogP contribution is 2.16. The molecule has 1 unspecified atom stereocenters. The molecular weight excluding hydrogens is 314 g/mol. The Kier molecular flexibility index (Phi) is 7.65. The molecule has 0 saturated carbocycles. The molecule has 1 fully saturated rings. The second-order valence-electron chi connectivity index (χ2n) is 5.96. The van der Waals surface area contributed by atoms with E-state index in [0.717, 1.165) is 37.9 Å². The molecule has 128 valence electrons. The van der Waals surface area contributed by atoms with Gasteiger partial charge in [0.2, 0.25) is 0 Å². The summed E-state index contributed by atoms with van der Waals surface area (Å²) in [7, 11) is 0. The molecule has 1 heterocycles. The summed E-state index contributed by atoms with van der Waals surface area (Å²) < 4.78 is 0. The second kappa shape index (κ2) is 9.75. The SMILES string of the molecule is O=C(NCCCCN1CCCC1CO)NCc1ccc(Cl)cc1. The Labute approximate surface area is 143 Å². The van der Waals surface area contributed by atoms with E-state index in [0.29, 0.717) is 24.2 Å². The molecule has 3 N–H and O–H groups in total. The number of nitrogens with one attached hydrogen (secondary N) is 2. The largest absolute Gasteiger partial charge is 0.395 e. The third-order valence-electron chi connectivity index (χ3n) is 4.23. The molecule has 2 amide bonds. The van der Waals surface area contributed by atoms with Crippen LogP contribution in [0.1, 0.15) is 31.2 Å². The van der Waals surface area contributed by atoms with Gasteiger partial charge in [-0.05, 0) is 56.5 Å². The molecule has 6 heteroatoms. The van der Waals surface area contributed by atoms with Crippen LogP contribution < -0.4 is 10.6 Å². The molecule has 1 aromatic rings. The van der Waals surface area contributed by atoms with Gasteiger partial charge in [-0.3, -0.25) is 4.90 Å². The van der Waals surface area contributed by atoms with E-state index in [1.807, 2.05) is 24.3 Å². The molecule has 2 rings (SSSR count). The monoisotopic (exact) mass is 339 g/mol. The molecule has 1 atom stereocenters. The Hall–Kier alpha value is -1.30. The number of carbonyl (C=O) groups is 1. The molecule has 1 aliphatic heterocycles. The summed E-state index contributed by atoms with van der Waals surface area (Å²) in [5.74, 6) is 0. The molecule has 23 heavy (non-hydrogen) atoms. The lowest BCUT2D eigenvalue weighted by Gasteiger charge is -2.22. The fourth-order valence-electron chi connectivity index (χ4n) is 2.89. The fraction of sp³-hybridized carbons (Fsp3) is 0.588. The van der Waals surface area contributed by atoms with E-state index in [1.165, 1.54) is 6.42 Å². The van der Waals surface area contributed by atoms with Crippen molar-refractivity contribution in [3.8, 4) is 0 Å². The highest BCUT2D eigenvalue weighted by molar-refractivity contribution is 6.30. The highest BCUT2D eigenvalue weighted by atomic mass is 35.5. The van der Waals surface area contributed by atoms with E-state index >= 15 is 0 Å². The van der Waals surface area contributed by atoms with Crippen LogP contribution in [0.5, 0.6) is 0 Å². The Morgan fingerprint density at radius 2 is 2.04 bits per heavy atom. The molecule has 0 bridgehead atoms. The minimum absolute atomic E-state index is 0.144. The lowest BCUT2D eigenvalue weighted by molar-refractivity contribution is 0.157. The zero-order valence-corrected chi connectivity index (χ0v) is 14.2. The van der Waals surface area contributed by atoms with Crippen molar-refractivity contribution in [2.24, 2.45) is 0 Å². The number of urea groups is 1. The number of amides is 2. The average molecular weight is 340 g/mol. The molecule has 0 spiro atoms. The van der Waals surface area contributed by atoms with Crippen LogP contribution in [0.3, 0.4) is 0 Å². The smallest absolute Gasteiger partial charge is 0.315 e. The van der Waals surface area contributed by atoms with Crippen molar-refractivity contribution in [3.05, 3.63) is 34.9 Å². The first-order valence-electron chi connectivity index (χ1n) is 8.30. The van der Waals surface area contributed by atoms with E-state index < -0.39 is 0 Å². The number of unbranched alkanes of at least 4 members (excludes halogenated alkanes) is 1. The quantitative estimate of drug-likeness (QED) is 0.637. The molecule has 0 aromatic heterocycles. The minimum Gasteiger partial charge on any atom is -0.395 e. The number of nitrogens with zero attached hydrogens (tertiary/aromatic N) is 1. The summed E-state index contributed by atoms with van der Waals surface area (Å²) in [6.07, 6.45) is 4.26. The van der Waals surface area contributed by atoms with E-state index in [2.05, 4.69) is 15.5 Å². The maximum Gasteiger partial charge on any atom is 0.315 e. The minimum atomic E-state index is -0.144. The third kappa shape index (κ3) is 6.37. The number of benzene rings is 1. The maximum atomic E-state index is 11.7. The summed E-state index contributed by atoms with van der Waals surface area (Å²) in [6.45, 7) is 3.50. The van der Waals surface area contributed by atoms with Crippen molar-refractivity contribution in [3.63, 3.8) is 0 Å². The van der Waals surface area contributed by atoms with Crippen LogP contribution in [0.15, 0.2) is 24.3 Å². The summed E-state index contributed by atoms with van der Waals surface area (Å²) in [5.41, 5.74) is 1.02. The number of carbonyl (C=O) groups excluding carboxylic acids is 1. The van der Waals surface area contributed by atoms with Gasteiger partial charge in [-0.15, -0.1) is 0 Å². The van der Waals surface area contributed by atoms with Crippen LogP contribution in [0, 0.1) is 0 Å². The number of rotatable bonds is 8. The third-order valence-corrected chi connectivity index (χ3v) is 4.49. The first-order chi connectivity index (χ1) is 11.2. The summed E-state index contributed by atoms with van der Waals surface area (Å²) in [5, 5.41) is 15.7. The van der Waals surface area contributed by atoms with Gasteiger partial charge < -0.3 is 15.7 Å². The summed E-state index contributed by atoms with van der Waals surface area (Å²) in [6, 6.07) is 7.62. The second-order valence-corrected chi connectivity index (χ2v) is 6.39. The number of aliphatic hydroxyl groups is 1. The van der Waals surface area contributed by atoms with Gasteiger partial charge in [0.15, 0.2) is 0 Å². The summed E-state index contributed by atoms with van der Waals surface area (Å²) in [4.78, 5) is 14.1. The van der Waals surface area contributed by atoms with Crippen molar-refractivity contribution < 1.29 is 9.90 Å². The molecular formula is C17H26ClN3O2. The lowest BCUT2D eigenvalue weighted by atomic mass is 10.2. The van der Waals surface area contributed by atoms with E-state index in [4.69, 9.17) is 11.6 Å². The van der Waals surface area contributed by atoms with Gasteiger partial charge in [0, 0.05) is 24.2 Å². The molecule has 0 aliphatic carbocycles. The molecule has 5 nitrogen and oxygen atoms in total. The number of aliphatic hydroxyl groups excluding tert-OH is 1. The van der Waals surface area contributed by atoms with Crippen LogP contribution in [0.4, 0.5) is 4.79 Å². The normalized spacial score (nSPS) is 18.1. The average Bonchev–Trinajstić information content (AvgIpc) is 3.01. The Balaban J connectivity index is 1.52. The van der Waals surface area contributed by atoms with Gasteiger partial charge in [-0.1, -0.05) is 23.7 Å². The van der Waals surface area contributed by atoms with E-state index in [9.17, 15) is 9.90 Å². The van der Waals surface area contributed by atoms with Gasteiger partial charge in [0.25, 0.3) is 0 Å². The van der Waals surface area contributed by atoms with Gasteiger partial charge in [-0.25, -0.2) is 4.79 Å². The number of likely N-dealkylation sites (tertiary alicyclic amines) is 1. The fourth-order valence-corrected chi connectivity index (χ4v) is 3.01. The van der Waals surface area contributed by atoms with Crippen LogP contribution in [0.2, 0.25) is 5.02 Å². The van der Waals surface area contributed by atoms with Gasteiger partial charge in [-0.2, -0.15) is 0 Å². The zero-order valence-electron chi connectivity index (χ0n) is 13.4. The van der Waals surface area contributed by atoms with Gasteiger partial charge in [0.05, 0.1) is 6.61 Å². The first-order valence-corrected chi connectivity index (χ1v) is 8.68. The van der Waals surface area contributed by atoms with Crippen LogP contribution >= 0.6 is 11.6 Å². The standard InChI is InChI=1S/C17H26ClN3O2/c18-15-7-5-14(6-8-15)12-20-17(23)19-9-1-2-10-21-11-3-4-16(21)13-22/h5-8,16,22H,1-4,9-13H2,(H2,19,20,23).